The first-order valence-electron chi connectivity index (χ1n) is 13.2. The van der Waals surface area contributed by atoms with E-state index in [1.165, 1.54) is 25.4 Å². The van der Waals surface area contributed by atoms with Crippen LogP contribution >= 0.6 is 0 Å². The molecule has 3 rings (SSSR count). The minimum Gasteiger partial charge on any atom is -0.399 e. The normalized spacial score (nSPS) is 17.3. The molecule has 0 bridgehead atoms. The molecule has 0 atom stereocenters. The van der Waals surface area contributed by atoms with Gasteiger partial charge in [0.1, 0.15) is 32.2 Å². The molecule has 1 aliphatic carbocycles. The van der Waals surface area contributed by atoms with Crippen molar-refractivity contribution in [1.29, 1.82) is 0 Å². The Balaban J connectivity index is 1.73. The van der Waals surface area contributed by atoms with Crippen LogP contribution in [-0.4, -0.2) is 88.7 Å². The number of hydrogen-bond acceptors (Lipinski definition) is 9. The molecule has 0 spiro atoms. The molecule has 10 heteroatoms. The van der Waals surface area contributed by atoms with Crippen molar-refractivity contribution in [3.8, 4) is 11.8 Å². The van der Waals surface area contributed by atoms with Crippen LogP contribution < -0.4 is 5.32 Å². The number of hydrogen-bond donors (Lipinski definition) is 1. The largest absolute Gasteiger partial charge is 0.399 e. The minimum absolute atomic E-state index is 0.189. The zero-order valence-corrected chi connectivity index (χ0v) is 24.3. The van der Waals surface area contributed by atoms with Crippen LogP contribution in [0.2, 0.25) is 0 Å². The number of allylic oxidation sites excluding steroid dienone is 2. The minimum atomic E-state index is -0.315. The number of morpholine rings is 1. The fraction of sp³-hybridized carbons (Fsp3) is 0.467. The molecular weight excluding hydrogens is 510 g/mol. The summed E-state index contributed by atoms with van der Waals surface area (Å²) in [5, 5.41) is 15.1. The van der Waals surface area contributed by atoms with Gasteiger partial charge in [-0.15, -0.1) is 0 Å². The second-order valence-electron chi connectivity index (χ2n) is 9.54. The van der Waals surface area contributed by atoms with E-state index in [1.807, 2.05) is 31.2 Å². The van der Waals surface area contributed by atoms with Gasteiger partial charge in [-0.3, -0.25) is 9.69 Å². The number of carbonyl (C=O) groups is 1. The maximum atomic E-state index is 12.5. The van der Waals surface area contributed by atoms with Gasteiger partial charge in [-0.05, 0) is 56.9 Å². The topological polar surface area (TPSA) is 106 Å². The Bertz CT molecular complexity index is 1260. The van der Waals surface area contributed by atoms with Crippen LogP contribution in [0.25, 0.3) is 0 Å². The van der Waals surface area contributed by atoms with Gasteiger partial charge in [-0.2, -0.15) is 0 Å². The van der Waals surface area contributed by atoms with Crippen molar-refractivity contribution in [3.63, 3.8) is 0 Å². The lowest BCUT2D eigenvalue weighted by atomic mass is 9.85. The van der Waals surface area contributed by atoms with Crippen LogP contribution in [0.5, 0.6) is 0 Å². The van der Waals surface area contributed by atoms with E-state index in [-0.39, 0.29) is 18.2 Å². The Hall–Kier alpha value is -3.94. The molecule has 1 amide bonds. The Morgan fingerprint density at radius 3 is 2.30 bits per heavy atom. The molecule has 0 radical (unpaired) electrons. The summed E-state index contributed by atoms with van der Waals surface area (Å²) >= 11 is 0. The van der Waals surface area contributed by atoms with Gasteiger partial charge in [0.25, 0.3) is 5.91 Å². The van der Waals surface area contributed by atoms with Crippen LogP contribution in [0.1, 0.15) is 44.7 Å². The van der Waals surface area contributed by atoms with Crippen LogP contribution in [0.15, 0.2) is 62.0 Å². The first-order valence-corrected chi connectivity index (χ1v) is 13.2. The summed E-state index contributed by atoms with van der Waals surface area (Å²) in [6.45, 7) is 10.2. The van der Waals surface area contributed by atoms with E-state index in [2.05, 4.69) is 51.4 Å². The number of carbonyl (C=O) groups excluding carboxylic acids is 1. The molecular formula is C30H39N5O5. The highest BCUT2D eigenvalue weighted by Crippen LogP contribution is 2.31. The monoisotopic (exact) mass is 549 g/mol. The number of nitrogens with zero attached hydrogens (tertiary/aromatic N) is 4. The van der Waals surface area contributed by atoms with Crippen molar-refractivity contribution < 1.29 is 24.0 Å². The predicted octanol–water partition coefficient (Wildman–Crippen LogP) is 3.29. The van der Waals surface area contributed by atoms with Gasteiger partial charge in [0.2, 0.25) is 0 Å². The lowest BCUT2D eigenvalue weighted by Gasteiger charge is -2.24. The van der Waals surface area contributed by atoms with Crippen molar-refractivity contribution >= 4 is 23.0 Å². The van der Waals surface area contributed by atoms with E-state index in [4.69, 9.17) is 19.2 Å². The van der Waals surface area contributed by atoms with Gasteiger partial charge in [-0.1, -0.05) is 50.6 Å². The van der Waals surface area contributed by atoms with E-state index in [0.29, 0.717) is 24.3 Å². The third-order valence-electron chi connectivity index (χ3n) is 6.75. The summed E-state index contributed by atoms with van der Waals surface area (Å²) in [5.74, 6) is 6.14. The molecule has 1 N–H and O–H groups in total. The molecule has 1 aromatic rings. The van der Waals surface area contributed by atoms with Gasteiger partial charge in [0.15, 0.2) is 5.71 Å². The lowest BCUT2D eigenvalue weighted by molar-refractivity contribution is -0.114. The highest BCUT2D eigenvalue weighted by molar-refractivity contribution is 6.47. The Morgan fingerprint density at radius 2 is 1.65 bits per heavy atom. The van der Waals surface area contributed by atoms with E-state index in [0.717, 1.165) is 55.1 Å². The van der Waals surface area contributed by atoms with Crippen molar-refractivity contribution in [2.75, 3.05) is 60.7 Å². The second-order valence-corrected chi connectivity index (χ2v) is 9.54. The number of benzene rings is 1. The van der Waals surface area contributed by atoms with Crippen molar-refractivity contribution in [2.45, 2.75) is 33.6 Å². The van der Waals surface area contributed by atoms with Crippen molar-refractivity contribution in [1.82, 2.24) is 10.2 Å². The maximum Gasteiger partial charge on any atom is 0.273 e. The van der Waals surface area contributed by atoms with E-state index in [1.54, 1.807) is 7.05 Å². The van der Waals surface area contributed by atoms with Crippen molar-refractivity contribution in [3.05, 3.63) is 57.7 Å². The SMILES string of the molecule is CNC(=O)/C(=N/OC)C1=C(CO/N=C(C)/C(=N/OC)c2ccc(C#CCN3CCOCC3)cc2)CC(C)=C(C)C1. The smallest absolute Gasteiger partial charge is 0.273 e. The molecule has 1 fully saturated rings. The van der Waals surface area contributed by atoms with Gasteiger partial charge in [0.05, 0.1) is 19.8 Å². The predicted molar refractivity (Wildman–Crippen MR) is 156 cm³/mol. The summed E-state index contributed by atoms with van der Waals surface area (Å²) in [6, 6.07) is 7.77. The Labute approximate surface area is 236 Å². The van der Waals surface area contributed by atoms with Crippen LogP contribution in [-0.2, 0) is 24.0 Å². The standard InChI is InChI=1S/C30H39N5O5/c1-21-18-26(27(19-22(21)2)29(34-38-6)30(36)31-4)20-40-32-23(3)28(33-37-5)25-11-9-24(10-12-25)8-7-13-35-14-16-39-17-15-35/h9-12H,13-20H2,1-6H3,(H,31,36)/b32-23+,33-28-,34-29+. The molecule has 0 unspecified atom stereocenters. The van der Waals surface area contributed by atoms with Crippen molar-refractivity contribution in [2.24, 2.45) is 15.5 Å². The second kappa shape index (κ2) is 15.6. The van der Waals surface area contributed by atoms with Crippen LogP contribution in [0.3, 0.4) is 0 Å². The van der Waals surface area contributed by atoms with Gasteiger partial charge < -0.3 is 24.6 Å². The number of amides is 1. The number of nitrogens with one attached hydrogen (secondary N) is 1. The van der Waals surface area contributed by atoms with E-state index >= 15 is 0 Å². The first kappa shape index (κ1) is 30.6. The summed E-state index contributed by atoms with van der Waals surface area (Å²) < 4.78 is 5.38. The zero-order valence-electron chi connectivity index (χ0n) is 24.3. The number of oxime groups is 3. The highest BCUT2D eigenvalue weighted by atomic mass is 16.6. The fourth-order valence-corrected chi connectivity index (χ4v) is 4.34. The quantitative estimate of drug-likeness (QED) is 0.208. The highest BCUT2D eigenvalue weighted by Gasteiger charge is 2.25. The van der Waals surface area contributed by atoms with Crippen LogP contribution in [0, 0.1) is 11.8 Å². The molecule has 1 saturated heterocycles. The summed E-state index contributed by atoms with van der Waals surface area (Å²) in [7, 11) is 4.48. The Morgan fingerprint density at radius 1 is 1.00 bits per heavy atom. The average Bonchev–Trinajstić information content (AvgIpc) is 2.97. The zero-order chi connectivity index (χ0) is 28.9. The molecule has 1 aromatic carbocycles. The lowest BCUT2D eigenvalue weighted by Crippen LogP contribution is -2.36. The van der Waals surface area contributed by atoms with E-state index < -0.39 is 0 Å². The summed E-state index contributed by atoms with van der Waals surface area (Å²) in [4.78, 5) is 30.6. The first-order chi connectivity index (χ1) is 19.4. The van der Waals surface area contributed by atoms with Gasteiger partial charge in [0, 0.05) is 31.3 Å². The fourth-order valence-electron chi connectivity index (χ4n) is 4.34. The maximum absolute atomic E-state index is 12.5. The average molecular weight is 550 g/mol. The molecule has 2 aliphatic rings. The molecule has 1 heterocycles. The molecule has 10 nitrogen and oxygen atoms in total. The molecule has 214 valence electrons. The third-order valence-corrected chi connectivity index (χ3v) is 6.75. The summed E-state index contributed by atoms with van der Waals surface area (Å²) in [6.07, 6.45) is 1.24. The molecule has 1 aliphatic heterocycles. The number of ether oxygens (including phenoxy) is 1. The van der Waals surface area contributed by atoms with E-state index in [9.17, 15) is 4.79 Å². The number of rotatable bonds is 10. The van der Waals surface area contributed by atoms with Gasteiger partial charge in [-0.25, -0.2) is 0 Å². The Kier molecular flexibility index (Phi) is 11.9. The molecule has 0 aromatic heterocycles. The third kappa shape index (κ3) is 8.53. The van der Waals surface area contributed by atoms with Crippen LogP contribution in [0.4, 0.5) is 0 Å². The van der Waals surface area contributed by atoms with Gasteiger partial charge >= 0.3 is 0 Å². The summed E-state index contributed by atoms with van der Waals surface area (Å²) in [5.41, 5.74) is 7.20. The molecule has 0 saturated carbocycles. The molecule has 40 heavy (non-hydrogen) atoms.